The summed E-state index contributed by atoms with van der Waals surface area (Å²) in [6, 6.07) is -0.0428. The molecule has 1 fully saturated rings. The monoisotopic (exact) mass is 371 g/mol. The summed E-state index contributed by atoms with van der Waals surface area (Å²) in [6.45, 7) is 4.16. The molecule has 26 heavy (non-hydrogen) atoms. The van der Waals surface area contributed by atoms with E-state index in [0.29, 0.717) is 23.7 Å². The molecule has 1 amide bonds. The van der Waals surface area contributed by atoms with Crippen LogP contribution in [0, 0.1) is 0 Å². The zero-order chi connectivity index (χ0) is 19.1. The highest BCUT2D eigenvalue weighted by Crippen LogP contribution is 2.31. The molecule has 11 heteroatoms. The molecule has 0 aromatic carbocycles. The lowest BCUT2D eigenvalue weighted by Crippen LogP contribution is -2.37. The van der Waals surface area contributed by atoms with Gasteiger partial charge in [-0.15, -0.1) is 0 Å². The van der Waals surface area contributed by atoms with Gasteiger partial charge in [-0.2, -0.15) is 17.7 Å². The molecule has 140 valence electrons. The molecule has 0 atom stereocenters. The summed E-state index contributed by atoms with van der Waals surface area (Å²) in [5.74, 6) is -1.93. The van der Waals surface area contributed by atoms with E-state index in [1.807, 2.05) is 0 Å². The molecule has 0 N–H and O–H groups in total. The summed E-state index contributed by atoms with van der Waals surface area (Å²) < 4.78 is 44.6. The second kappa shape index (κ2) is 6.54. The molecule has 2 aromatic heterocycles. The molecule has 1 aliphatic heterocycles. The molecule has 1 aliphatic rings. The van der Waals surface area contributed by atoms with E-state index in [9.17, 15) is 22.8 Å². The van der Waals surface area contributed by atoms with Gasteiger partial charge in [0, 0.05) is 19.0 Å². The standard InChI is InChI=1S/C15H16F3N5O3/c1-8(2)11-19-9(7-10(20-11)15(16,17)18)12-21-26-14(25)23(12)13(24)22-5-3-4-6-22/h7-8H,3-6H2,1-2H3. The van der Waals surface area contributed by atoms with Gasteiger partial charge < -0.3 is 4.90 Å². The number of hydrogen-bond donors (Lipinski definition) is 0. The van der Waals surface area contributed by atoms with Gasteiger partial charge in [0.25, 0.3) is 0 Å². The third-order valence-electron chi connectivity index (χ3n) is 3.95. The van der Waals surface area contributed by atoms with Crippen molar-refractivity contribution in [3.8, 4) is 11.5 Å². The molecule has 0 bridgehead atoms. The van der Waals surface area contributed by atoms with Crippen LogP contribution in [0.4, 0.5) is 18.0 Å². The van der Waals surface area contributed by atoms with Crippen LogP contribution in [0.5, 0.6) is 0 Å². The summed E-state index contributed by atoms with van der Waals surface area (Å²) in [4.78, 5) is 33.4. The van der Waals surface area contributed by atoms with Gasteiger partial charge in [-0.3, -0.25) is 4.52 Å². The Balaban J connectivity index is 2.14. The van der Waals surface area contributed by atoms with Crippen molar-refractivity contribution in [2.45, 2.75) is 38.8 Å². The van der Waals surface area contributed by atoms with E-state index in [4.69, 9.17) is 0 Å². The number of alkyl halides is 3. The van der Waals surface area contributed by atoms with Gasteiger partial charge in [-0.05, 0) is 18.9 Å². The summed E-state index contributed by atoms with van der Waals surface area (Å²) in [6.07, 6.45) is -3.15. The summed E-state index contributed by atoms with van der Waals surface area (Å²) >= 11 is 0. The Morgan fingerprint density at radius 1 is 1.23 bits per heavy atom. The van der Waals surface area contributed by atoms with E-state index < -0.39 is 29.6 Å². The average molecular weight is 371 g/mol. The minimum Gasteiger partial charge on any atom is -0.324 e. The Morgan fingerprint density at radius 2 is 1.88 bits per heavy atom. The highest BCUT2D eigenvalue weighted by molar-refractivity contribution is 5.80. The number of likely N-dealkylation sites (tertiary alicyclic amines) is 1. The van der Waals surface area contributed by atoms with E-state index in [-0.39, 0.29) is 17.3 Å². The molecule has 0 radical (unpaired) electrons. The van der Waals surface area contributed by atoms with Crippen molar-refractivity contribution in [1.29, 1.82) is 0 Å². The third kappa shape index (κ3) is 3.33. The zero-order valence-corrected chi connectivity index (χ0v) is 14.1. The molecule has 8 nitrogen and oxygen atoms in total. The minimum absolute atomic E-state index is 0.0783. The van der Waals surface area contributed by atoms with E-state index in [1.165, 1.54) is 4.90 Å². The largest absolute Gasteiger partial charge is 0.450 e. The molecule has 1 saturated heterocycles. The van der Waals surface area contributed by atoms with Crippen LogP contribution in [-0.4, -0.2) is 43.7 Å². The first-order valence-electron chi connectivity index (χ1n) is 8.03. The SMILES string of the molecule is CC(C)c1nc(-c2noc(=O)n2C(=O)N2CCCC2)cc(C(F)(F)F)n1. The summed E-state index contributed by atoms with van der Waals surface area (Å²) in [7, 11) is 0. The molecule has 0 unspecified atom stereocenters. The fourth-order valence-electron chi connectivity index (χ4n) is 2.61. The quantitative estimate of drug-likeness (QED) is 0.805. The maximum Gasteiger partial charge on any atom is 0.450 e. The van der Waals surface area contributed by atoms with E-state index in [2.05, 4.69) is 19.6 Å². The van der Waals surface area contributed by atoms with Gasteiger partial charge in [-0.25, -0.2) is 19.6 Å². The number of halogens is 3. The first-order chi connectivity index (χ1) is 12.2. The van der Waals surface area contributed by atoms with Crippen molar-refractivity contribution in [2.75, 3.05) is 13.1 Å². The lowest BCUT2D eigenvalue weighted by molar-refractivity contribution is -0.141. The Bertz CT molecular complexity index is 881. The normalized spacial score (nSPS) is 15.1. The number of amides is 1. The molecule has 3 rings (SSSR count). The molecule has 0 saturated carbocycles. The molecular weight excluding hydrogens is 355 g/mol. The van der Waals surface area contributed by atoms with E-state index in [0.717, 1.165) is 12.8 Å². The number of carbonyl (C=O) groups excluding carboxylic acids is 1. The number of carbonyl (C=O) groups is 1. The van der Waals surface area contributed by atoms with Crippen molar-refractivity contribution >= 4 is 6.03 Å². The first-order valence-corrected chi connectivity index (χ1v) is 8.03. The van der Waals surface area contributed by atoms with Crippen molar-refractivity contribution in [3.63, 3.8) is 0 Å². The van der Waals surface area contributed by atoms with E-state index >= 15 is 0 Å². The van der Waals surface area contributed by atoms with Crippen molar-refractivity contribution in [1.82, 2.24) is 24.6 Å². The fourth-order valence-corrected chi connectivity index (χ4v) is 2.61. The topological polar surface area (TPSA) is 94.1 Å². The van der Waals surface area contributed by atoms with Crippen molar-refractivity contribution < 1.29 is 22.5 Å². The molecule has 0 spiro atoms. The summed E-state index contributed by atoms with van der Waals surface area (Å²) in [5.41, 5.74) is -1.48. The Morgan fingerprint density at radius 3 is 2.46 bits per heavy atom. The summed E-state index contributed by atoms with van der Waals surface area (Å²) in [5, 5.41) is 3.47. The van der Waals surface area contributed by atoms with E-state index in [1.54, 1.807) is 13.8 Å². The van der Waals surface area contributed by atoms with Gasteiger partial charge in [0.2, 0.25) is 5.82 Å². The smallest absolute Gasteiger partial charge is 0.324 e. The number of rotatable bonds is 2. The molecule has 2 aromatic rings. The predicted molar refractivity (Wildman–Crippen MR) is 82.5 cm³/mol. The maximum atomic E-state index is 13.2. The minimum atomic E-state index is -4.71. The molecule has 3 heterocycles. The lowest BCUT2D eigenvalue weighted by atomic mass is 10.2. The molecular formula is C15H16F3N5O3. The fraction of sp³-hybridized carbons (Fsp3) is 0.533. The number of hydrogen-bond acceptors (Lipinski definition) is 6. The zero-order valence-electron chi connectivity index (χ0n) is 14.1. The Kier molecular flexibility index (Phi) is 4.55. The highest BCUT2D eigenvalue weighted by atomic mass is 19.4. The van der Waals surface area contributed by atoms with Crippen LogP contribution in [-0.2, 0) is 6.18 Å². The molecule has 0 aliphatic carbocycles. The number of aromatic nitrogens is 4. The van der Waals surface area contributed by atoms with Crippen LogP contribution in [0.25, 0.3) is 11.5 Å². The predicted octanol–water partition coefficient (Wildman–Crippen LogP) is 2.50. The van der Waals surface area contributed by atoms with Gasteiger partial charge in [0.05, 0.1) is 0 Å². The second-order valence-corrected chi connectivity index (χ2v) is 6.23. The van der Waals surface area contributed by atoms with Gasteiger partial charge in [-0.1, -0.05) is 19.0 Å². The van der Waals surface area contributed by atoms with Crippen molar-refractivity contribution in [3.05, 3.63) is 28.1 Å². The van der Waals surface area contributed by atoms with Crippen LogP contribution < -0.4 is 5.76 Å². The Hall–Kier alpha value is -2.72. The van der Waals surface area contributed by atoms with Gasteiger partial charge >= 0.3 is 18.0 Å². The Labute approximate surface area is 145 Å². The highest BCUT2D eigenvalue weighted by Gasteiger charge is 2.35. The van der Waals surface area contributed by atoms with Crippen LogP contribution in [0.2, 0.25) is 0 Å². The van der Waals surface area contributed by atoms with Crippen molar-refractivity contribution in [2.24, 2.45) is 0 Å². The third-order valence-corrected chi connectivity index (χ3v) is 3.95. The number of nitrogens with zero attached hydrogens (tertiary/aromatic N) is 5. The van der Waals surface area contributed by atoms with Crippen LogP contribution in [0.15, 0.2) is 15.4 Å². The maximum absolute atomic E-state index is 13.2. The lowest BCUT2D eigenvalue weighted by Gasteiger charge is -2.15. The van der Waals surface area contributed by atoms with Crippen LogP contribution in [0.3, 0.4) is 0 Å². The average Bonchev–Trinajstić information content (AvgIpc) is 3.22. The van der Waals surface area contributed by atoms with Gasteiger partial charge in [0.15, 0.2) is 0 Å². The van der Waals surface area contributed by atoms with Crippen LogP contribution >= 0.6 is 0 Å². The van der Waals surface area contributed by atoms with Gasteiger partial charge in [0.1, 0.15) is 17.2 Å². The second-order valence-electron chi connectivity index (χ2n) is 6.23. The van der Waals surface area contributed by atoms with Crippen LogP contribution in [0.1, 0.15) is 44.1 Å². The first kappa shape index (κ1) is 18.1.